The van der Waals surface area contributed by atoms with Gasteiger partial charge in [-0.2, -0.15) is 0 Å². The number of aryl methyl sites for hydroxylation is 1. The molecule has 0 fully saturated rings. The molecule has 2 aromatic heterocycles. The summed E-state index contributed by atoms with van der Waals surface area (Å²) in [6.45, 7) is 1.96. The summed E-state index contributed by atoms with van der Waals surface area (Å²) >= 11 is 0. The molecule has 0 radical (unpaired) electrons. The van der Waals surface area contributed by atoms with E-state index in [4.69, 9.17) is 0 Å². The van der Waals surface area contributed by atoms with Gasteiger partial charge in [0.05, 0.1) is 0 Å². The predicted molar refractivity (Wildman–Crippen MR) is 74.6 cm³/mol. The van der Waals surface area contributed by atoms with Crippen LogP contribution in [-0.4, -0.2) is 20.6 Å². The van der Waals surface area contributed by atoms with E-state index in [0.29, 0.717) is 11.5 Å². The minimum Gasteiger partial charge on any atom is -0.508 e. The quantitative estimate of drug-likeness (QED) is 0.879. The summed E-state index contributed by atoms with van der Waals surface area (Å²) in [6.07, 6.45) is 1.74. The molecule has 0 aliphatic heterocycles. The Balaban J connectivity index is 1.99. The van der Waals surface area contributed by atoms with Gasteiger partial charge in [-0.15, -0.1) is 0 Å². The molecule has 20 heavy (non-hydrogen) atoms. The van der Waals surface area contributed by atoms with Gasteiger partial charge in [-0.1, -0.05) is 6.07 Å². The zero-order chi connectivity index (χ0) is 14.5. The van der Waals surface area contributed by atoms with Gasteiger partial charge in [0.1, 0.15) is 11.6 Å². The van der Waals surface area contributed by atoms with E-state index in [0.717, 1.165) is 6.07 Å². The first-order valence-electron chi connectivity index (χ1n) is 6.17. The second-order valence-corrected chi connectivity index (χ2v) is 4.36. The Hall–Kier alpha value is -2.63. The van der Waals surface area contributed by atoms with E-state index >= 15 is 0 Å². The topological polar surface area (TPSA) is 84.2 Å². The first kappa shape index (κ1) is 13.8. The second-order valence-electron chi connectivity index (χ2n) is 4.36. The smallest absolute Gasteiger partial charge is 0.254 e. The van der Waals surface area contributed by atoms with E-state index in [1.54, 1.807) is 31.3 Å². The molecule has 0 atom stereocenters. The van der Waals surface area contributed by atoms with Crippen LogP contribution in [0.25, 0.3) is 0 Å². The van der Waals surface area contributed by atoms with Crippen LogP contribution in [0.3, 0.4) is 0 Å². The standard InChI is InChI=1S/C14H15N3O3/c1-10-8-11(18)9-14(20)17(10)7-5-13(19)16-12-4-2-3-6-15-12/h2-4,6,8-9,18H,5,7H2,1H3,(H,15,16,19). The monoisotopic (exact) mass is 273 g/mol. The number of hydrogen-bond acceptors (Lipinski definition) is 4. The molecule has 0 saturated heterocycles. The molecule has 2 rings (SSSR count). The molecule has 0 bridgehead atoms. The Morgan fingerprint density at radius 3 is 2.85 bits per heavy atom. The van der Waals surface area contributed by atoms with Crippen LogP contribution in [0.15, 0.2) is 41.3 Å². The fourth-order valence-electron chi connectivity index (χ4n) is 1.85. The Bertz CT molecular complexity index is 665. The predicted octanol–water partition coefficient (Wildman–Crippen LogP) is 1.29. The lowest BCUT2D eigenvalue weighted by Gasteiger charge is -2.10. The number of carbonyl (C=O) groups is 1. The zero-order valence-corrected chi connectivity index (χ0v) is 11.0. The highest BCUT2D eigenvalue weighted by atomic mass is 16.3. The summed E-state index contributed by atoms with van der Waals surface area (Å²) < 4.78 is 1.44. The van der Waals surface area contributed by atoms with Gasteiger partial charge in [0, 0.05) is 30.9 Å². The van der Waals surface area contributed by atoms with Gasteiger partial charge in [-0.25, -0.2) is 4.98 Å². The maximum Gasteiger partial charge on any atom is 0.254 e. The molecule has 0 aromatic carbocycles. The molecular formula is C14H15N3O3. The van der Waals surface area contributed by atoms with E-state index in [2.05, 4.69) is 10.3 Å². The van der Waals surface area contributed by atoms with Gasteiger partial charge < -0.3 is 15.0 Å². The third-order valence-corrected chi connectivity index (χ3v) is 2.81. The van der Waals surface area contributed by atoms with Crippen molar-refractivity contribution in [3.05, 3.63) is 52.6 Å². The van der Waals surface area contributed by atoms with Gasteiger partial charge in [0.15, 0.2) is 0 Å². The largest absolute Gasteiger partial charge is 0.508 e. The van der Waals surface area contributed by atoms with E-state index < -0.39 is 0 Å². The molecule has 0 unspecified atom stereocenters. The van der Waals surface area contributed by atoms with Gasteiger partial charge in [0.2, 0.25) is 5.91 Å². The summed E-state index contributed by atoms with van der Waals surface area (Å²) in [7, 11) is 0. The van der Waals surface area contributed by atoms with Crippen LogP contribution < -0.4 is 10.9 Å². The maximum atomic E-state index is 11.8. The number of nitrogens with one attached hydrogen (secondary N) is 1. The van der Waals surface area contributed by atoms with Gasteiger partial charge in [-0.05, 0) is 25.1 Å². The summed E-state index contributed by atoms with van der Waals surface area (Å²) in [5, 5.41) is 11.9. The molecule has 0 aliphatic carbocycles. The van der Waals surface area contributed by atoms with Crippen molar-refractivity contribution < 1.29 is 9.90 Å². The summed E-state index contributed by atoms with van der Waals surface area (Å²) in [5.74, 6) is 0.192. The molecule has 2 aromatic rings. The van der Waals surface area contributed by atoms with Gasteiger partial charge in [-0.3, -0.25) is 9.59 Å². The number of nitrogens with zero attached hydrogens (tertiary/aromatic N) is 2. The third kappa shape index (κ3) is 3.44. The lowest BCUT2D eigenvalue weighted by atomic mass is 10.3. The van der Waals surface area contributed by atoms with Crippen LogP contribution in [0.5, 0.6) is 5.75 Å². The first-order chi connectivity index (χ1) is 9.56. The van der Waals surface area contributed by atoms with Crippen molar-refractivity contribution in [2.45, 2.75) is 19.9 Å². The minimum absolute atomic E-state index is 0.0679. The number of rotatable bonds is 4. The van der Waals surface area contributed by atoms with Crippen LogP contribution in [0, 0.1) is 6.92 Å². The Labute approximate surface area is 115 Å². The van der Waals surface area contributed by atoms with Crippen LogP contribution in [0.4, 0.5) is 5.82 Å². The van der Waals surface area contributed by atoms with Crippen LogP contribution >= 0.6 is 0 Å². The van der Waals surface area contributed by atoms with Crippen molar-refractivity contribution in [2.75, 3.05) is 5.32 Å². The van der Waals surface area contributed by atoms with Crippen molar-refractivity contribution in [2.24, 2.45) is 0 Å². The zero-order valence-electron chi connectivity index (χ0n) is 11.0. The van der Waals surface area contributed by atoms with E-state index in [9.17, 15) is 14.7 Å². The van der Waals surface area contributed by atoms with Crippen molar-refractivity contribution in [1.82, 2.24) is 9.55 Å². The fraction of sp³-hybridized carbons (Fsp3) is 0.214. The number of pyridine rings is 2. The summed E-state index contributed by atoms with van der Waals surface area (Å²) in [4.78, 5) is 27.4. The lowest BCUT2D eigenvalue weighted by Crippen LogP contribution is -2.24. The van der Waals surface area contributed by atoms with Gasteiger partial charge in [0.25, 0.3) is 5.56 Å². The third-order valence-electron chi connectivity index (χ3n) is 2.81. The first-order valence-corrected chi connectivity index (χ1v) is 6.17. The highest BCUT2D eigenvalue weighted by Gasteiger charge is 2.07. The number of amides is 1. The lowest BCUT2D eigenvalue weighted by molar-refractivity contribution is -0.116. The molecule has 1 amide bonds. The number of anilines is 1. The molecular weight excluding hydrogens is 258 g/mol. The van der Waals surface area contributed by atoms with Crippen molar-refractivity contribution in [3.8, 4) is 5.75 Å². The molecule has 0 aliphatic rings. The average molecular weight is 273 g/mol. The highest BCUT2D eigenvalue weighted by molar-refractivity contribution is 5.89. The average Bonchev–Trinajstić information content (AvgIpc) is 2.38. The number of hydrogen-bond donors (Lipinski definition) is 2. The number of carbonyl (C=O) groups excluding carboxylic acids is 1. The number of aromatic hydroxyl groups is 1. The molecule has 2 heterocycles. The minimum atomic E-state index is -0.326. The normalized spacial score (nSPS) is 10.2. The molecule has 104 valence electrons. The molecule has 6 heteroatoms. The Morgan fingerprint density at radius 1 is 1.40 bits per heavy atom. The highest BCUT2D eigenvalue weighted by Crippen LogP contribution is 2.08. The SMILES string of the molecule is Cc1cc(O)cc(=O)n1CCC(=O)Nc1ccccn1. The maximum absolute atomic E-state index is 11.8. The van der Waals surface area contributed by atoms with Crippen molar-refractivity contribution in [3.63, 3.8) is 0 Å². The van der Waals surface area contributed by atoms with E-state index in [1.807, 2.05) is 0 Å². The summed E-state index contributed by atoms with van der Waals surface area (Å²) in [6, 6.07) is 7.84. The van der Waals surface area contributed by atoms with Crippen LogP contribution in [-0.2, 0) is 11.3 Å². The second kappa shape index (κ2) is 6.01. The number of aromatic nitrogens is 2. The van der Waals surface area contributed by atoms with Crippen molar-refractivity contribution in [1.29, 1.82) is 0 Å². The Morgan fingerprint density at radius 2 is 2.20 bits per heavy atom. The van der Waals surface area contributed by atoms with E-state index in [1.165, 1.54) is 10.6 Å². The molecule has 0 saturated carbocycles. The van der Waals surface area contributed by atoms with E-state index in [-0.39, 0.29) is 30.2 Å². The van der Waals surface area contributed by atoms with Crippen molar-refractivity contribution >= 4 is 11.7 Å². The molecule has 2 N–H and O–H groups in total. The molecule has 6 nitrogen and oxygen atoms in total. The fourth-order valence-corrected chi connectivity index (χ4v) is 1.85. The Kier molecular flexibility index (Phi) is 4.14. The van der Waals surface area contributed by atoms with Crippen LogP contribution in [0.1, 0.15) is 12.1 Å². The summed E-state index contributed by atoms with van der Waals surface area (Å²) in [5.41, 5.74) is 0.286. The molecule has 0 spiro atoms. The van der Waals surface area contributed by atoms with Crippen LogP contribution in [0.2, 0.25) is 0 Å². The van der Waals surface area contributed by atoms with Gasteiger partial charge >= 0.3 is 0 Å².